The molecular weight excluding hydrogens is 375 g/mol. The molecule has 148 valence electrons. The maximum absolute atomic E-state index is 13.4. The summed E-state index contributed by atoms with van der Waals surface area (Å²) in [5.74, 6) is -4.90. The van der Waals surface area contributed by atoms with Gasteiger partial charge in [0.1, 0.15) is 6.61 Å². The van der Waals surface area contributed by atoms with Crippen LogP contribution in [0.1, 0.15) is 45.4 Å². The highest BCUT2D eigenvalue weighted by atomic mass is 32.2. The normalized spacial score (nSPS) is 37.9. The molecule has 1 amide bonds. The Balaban J connectivity index is 1.76. The van der Waals surface area contributed by atoms with E-state index in [1.807, 2.05) is 4.72 Å². The summed E-state index contributed by atoms with van der Waals surface area (Å²) < 4.78 is 67.8. The number of esters is 1. The van der Waals surface area contributed by atoms with E-state index < -0.39 is 52.7 Å². The summed E-state index contributed by atoms with van der Waals surface area (Å²) >= 11 is -2.75. The largest absolute Gasteiger partial charge is 0.755 e. The number of hydrogen-bond acceptors (Lipinski definition) is 5. The highest BCUT2D eigenvalue weighted by molar-refractivity contribution is 7.77. The number of carbonyl (C=O) groups is 2. The second kappa shape index (κ2) is 6.47. The van der Waals surface area contributed by atoms with Gasteiger partial charge in [-0.3, -0.25) is 18.5 Å². The average molecular weight is 396 g/mol. The fourth-order valence-corrected chi connectivity index (χ4v) is 5.77. The number of ether oxygens (including phenoxy) is 1. The highest BCUT2D eigenvalue weighted by Crippen LogP contribution is 2.65. The molecule has 0 heterocycles. The van der Waals surface area contributed by atoms with Crippen LogP contribution < -0.4 is 4.72 Å². The summed E-state index contributed by atoms with van der Waals surface area (Å²) in [4.78, 5) is 25.1. The lowest BCUT2D eigenvalue weighted by molar-refractivity contribution is -0.187. The lowest BCUT2D eigenvalue weighted by atomic mass is 9.44. The van der Waals surface area contributed by atoms with Crippen LogP contribution in [0.15, 0.2) is 0 Å². The molecule has 26 heavy (non-hydrogen) atoms. The van der Waals surface area contributed by atoms with E-state index in [9.17, 15) is 31.5 Å². The van der Waals surface area contributed by atoms with E-state index in [4.69, 9.17) is 4.74 Å². The fraction of sp³-hybridized carbons (Fsp3) is 0.875. The van der Waals surface area contributed by atoms with Gasteiger partial charge in [-0.25, -0.2) is 13.2 Å². The minimum absolute atomic E-state index is 0.0587. The van der Waals surface area contributed by atoms with Gasteiger partial charge >= 0.3 is 5.97 Å². The van der Waals surface area contributed by atoms with Crippen molar-refractivity contribution in [2.45, 2.75) is 57.5 Å². The Bertz CT molecular complexity index is 624. The molecular formula is C16H21F3NO5S-. The first-order valence-electron chi connectivity index (χ1n) is 8.55. The van der Waals surface area contributed by atoms with E-state index in [1.165, 1.54) is 0 Å². The number of amides is 1. The van der Waals surface area contributed by atoms with Crippen LogP contribution in [0.25, 0.3) is 0 Å². The van der Waals surface area contributed by atoms with Crippen molar-refractivity contribution in [2.75, 3.05) is 6.61 Å². The number of alkyl halides is 3. The summed E-state index contributed by atoms with van der Waals surface area (Å²) in [5, 5.41) is 0. The summed E-state index contributed by atoms with van der Waals surface area (Å²) in [6.07, 6.45) is 0.230. The predicted octanol–water partition coefficient (Wildman–Crippen LogP) is 2.02. The van der Waals surface area contributed by atoms with Crippen molar-refractivity contribution >= 4 is 23.1 Å². The van der Waals surface area contributed by atoms with Gasteiger partial charge in [0.15, 0.2) is 6.17 Å². The van der Waals surface area contributed by atoms with Gasteiger partial charge in [-0.15, -0.1) is 0 Å². The Hall–Kier alpha value is -1.16. The first-order valence-corrected chi connectivity index (χ1v) is 9.63. The molecule has 4 aliphatic carbocycles. The van der Waals surface area contributed by atoms with Crippen LogP contribution in [-0.4, -0.2) is 39.3 Å². The molecule has 0 aromatic rings. The van der Waals surface area contributed by atoms with E-state index in [1.54, 1.807) is 0 Å². The molecule has 6 nitrogen and oxygen atoms in total. The van der Waals surface area contributed by atoms with E-state index >= 15 is 0 Å². The smallest absolute Gasteiger partial charge is 0.312 e. The molecule has 0 aromatic heterocycles. The van der Waals surface area contributed by atoms with E-state index in [0.29, 0.717) is 32.6 Å². The molecule has 4 unspecified atom stereocenters. The summed E-state index contributed by atoms with van der Waals surface area (Å²) in [6.45, 7) is -0.623. The van der Waals surface area contributed by atoms with Crippen LogP contribution in [-0.2, 0) is 25.6 Å². The number of carbonyl (C=O) groups excluding carboxylic acids is 2. The third-order valence-corrected chi connectivity index (χ3v) is 6.41. The molecule has 4 fully saturated rings. The van der Waals surface area contributed by atoms with Crippen LogP contribution in [0.4, 0.5) is 13.2 Å². The molecule has 4 aliphatic rings. The Morgan fingerprint density at radius 1 is 1.27 bits per heavy atom. The van der Waals surface area contributed by atoms with Crippen molar-refractivity contribution in [1.29, 1.82) is 0 Å². The van der Waals surface area contributed by atoms with Gasteiger partial charge in [0.25, 0.3) is 5.92 Å². The molecule has 10 heteroatoms. The highest BCUT2D eigenvalue weighted by Gasteiger charge is 2.63. The van der Waals surface area contributed by atoms with Gasteiger partial charge < -0.3 is 9.29 Å². The topological polar surface area (TPSA) is 95.5 Å². The summed E-state index contributed by atoms with van der Waals surface area (Å²) in [6, 6.07) is 0. The van der Waals surface area contributed by atoms with Crippen LogP contribution in [0, 0.1) is 22.7 Å². The van der Waals surface area contributed by atoms with Gasteiger partial charge in [-0.1, -0.05) is 0 Å². The molecule has 0 aliphatic heterocycles. The van der Waals surface area contributed by atoms with Crippen molar-refractivity contribution in [1.82, 2.24) is 4.72 Å². The second-order valence-corrected chi connectivity index (χ2v) is 8.88. The Kier molecular flexibility index (Phi) is 4.88. The molecule has 1 N–H and O–H groups in total. The Labute approximate surface area is 151 Å². The van der Waals surface area contributed by atoms with Crippen LogP contribution >= 0.6 is 0 Å². The number of rotatable bonds is 6. The van der Waals surface area contributed by atoms with Gasteiger partial charge in [-0.05, 0) is 50.4 Å². The Morgan fingerprint density at radius 3 is 2.31 bits per heavy atom. The number of nitrogens with one attached hydrogen (secondary N) is 1. The molecule has 4 atom stereocenters. The number of hydrogen-bond donors (Lipinski definition) is 1. The van der Waals surface area contributed by atoms with Crippen LogP contribution in [0.5, 0.6) is 0 Å². The van der Waals surface area contributed by atoms with Crippen molar-refractivity contribution in [3.63, 3.8) is 0 Å². The molecule has 4 rings (SSSR count). The lowest BCUT2D eigenvalue weighted by Crippen LogP contribution is -2.60. The summed E-state index contributed by atoms with van der Waals surface area (Å²) in [7, 11) is 0. The van der Waals surface area contributed by atoms with E-state index in [0.717, 1.165) is 6.42 Å². The zero-order chi connectivity index (χ0) is 19.3. The summed E-state index contributed by atoms with van der Waals surface area (Å²) in [5.41, 5.74) is -2.01. The maximum Gasteiger partial charge on any atom is 0.312 e. The second-order valence-electron chi connectivity index (χ2n) is 8.21. The first kappa shape index (κ1) is 19.6. The van der Waals surface area contributed by atoms with Crippen molar-refractivity contribution in [3.8, 4) is 0 Å². The number of halogens is 3. The van der Waals surface area contributed by atoms with Crippen LogP contribution in [0.3, 0.4) is 0 Å². The third kappa shape index (κ3) is 3.49. The molecule has 0 spiro atoms. The molecule has 4 bridgehead atoms. The molecule has 4 saturated carbocycles. The monoisotopic (exact) mass is 396 g/mol. The van der Waals surface area contributed by atoms with Crippen molar-refractivity contribution in [3.05, 3.63) is 0 Å². The van der Waals surface area contributed by atoms with Crippen molar-refractivity contribution < 1.29 is 36.3 Å². The van der Waals surface area contributed by atoms with Gasteiger partial charge in [-0.2, -0.15) is 0 Å². The first-order chi connectivity index (χ1) is 12.0. The van der Waals surface area contributed by atoms with E-state index in [2.05, 4.69) is 0 Å². The maximum atomic E-state index is 13.4. The van der Waals surface area contributed by atoms with E-state index in [-0.39, 0.29) is 18.3 Å². The third-order valence-electron chi connectivity index (χ3n) is 6.06. The minimum atomic E-state index is -3.61. The quantitative estimate of drug-likeness (QED) is 0.547. The molecule has 0 saturated heterocycles. The van der Waals surface area contributed by atoms with Crippen molar-refractivity contribution in [2.24, 2.45) is 22.7 Å². The van der Waals surface area contributed by atoms with Crippen LogP contribution in [0.2, 0.25) is 0 Å². The van der Waals surface area contributed by atoms with Gasteiger partial charge in [0.05, 0.1) is 10.8 Å². The lowest BCUT2D eigenvalue weighted by Gasteiger charge is -2.59. The molecule has 0 aromatic carbocycles. The molecule has 0 radical (unpaired) electrons. The SMILES string of the molecule is CC(F)(F)C(F)COC(=O)C12CC3CC(CC(C(=O)NS(=O)[O-])(C3)C1)C2. The fourth-order valence-electron chi connectivity index (χ4n) is 5.40. The minimum Gasteiger partial charge on any atom is -0.755 e. The Morgan fingerprint density at radius 2 is 1.81 bits per heavy atom. The standard InChI is InChI=1S/C16H22F3NO5S/c1-14(18,19)11(17)7-25-13(22)16-5-9-2-10(6-16)4-15(3-9,8-16)12(21)20-26(23)24/h9-11H,2-8H2,1H3,(H,20,21)(H,23,24)/p-1. The zero-order valence-electron chi connectivity index (χ0n) is 14.3. The van der Waals surface area contributed by atoms with Gasteiger partial charge in [0.2, 0.25) is 5.91 Å². The average Bonchev–Trinajstić information content (AvgIpc) is 2.49. The predicted molar refractivity (Wildman–Crippen MR) is 83.1 cm³/mol. The van der Waals surface area contributed by atoms with Gasteiger partial charge in [0, 0.05) is 18.2 Å². The zero-order valence-corrected chi connectivity index (χ0v) is 15.1.